The molecule has 2 aliphatic carbocycles. The molecule has 15 heavy (non-hydrogen) atoms. The molecule has 3 N–H and O–H groups in total. The summed E-state index contributed by atoms with van der Waals surface area (Å²) < 4.78 is 0. The maximum atomic E-state index is 6.21. The molecule has 3 fully saturated rings. The van der Waals surface area contributed by atoms with Crippen molar-refractivity contribution >= 4 is 0 Å². The van der Waals surface area contributed by atoms with Gasteiger partial charge in [-0.05, 0) is 38.5 Å². The van der Waals surface area contributed by atoms with Gasteiger partial charge in [0.15, 0.2) is 0 Å². The highest BCUT2D eigenvalue weighted by molar-refractivity contribution is 4.97. The molecule has 3 aliphatic rings. The van der Waals surface area contributed by atoms with Crippen molar-refractivity contribution in [3.05, 3.63) is 0 Å². The van der Waals surface area contributed by atoms with Crippen LogP contribution in [0.5, 0.6) is 0 Å². The molecule has 3 rings (SSSR count). The topological polar surface area (TPSA) is 41.3 Å². The van der Waals surface area contributed by atoms with Crippen molar-refractivity contribution < 1.29 is 0 Å². The molecule has 1 saturated heterocycles. The minimum Gasteiger partial charge on any atom is -0.324 e. The first kappa shape index (κ1) is 10.1. The molecule has 0 aromatic rings. The Morgan fingerprint density at radius 2 is 2.07 bits per heavy atom. The molecule has 0 radical (unpaired) electrons. The Morgan fingerprint density at radius 3 is 2.67 bits per heavy atom. The Labute approximate surface area is 92.4 Å². The van der Waals surface area contributed by atoms with Crippen LogP contribution in [-0.4, -0.2) is 42.2 Å². The Balaban J connectivity index is 1.40. The minimum atomic E-state index is 0.146. The molecule has 1 aliphatic heterocycles. The number of nitrogens with one attached hydrogen (secondary N) is 1. The first-order valence-electron chi connectivity index (χ1n) is 6.52. The van der Waals surface area contributed by atoms with E-state index < -0.39 is 0 Å². The van der Waals surface area contributed by atoms with E-state index in [1.807, 2.05) is 0 Å². The SMILES string of the molecule is NC1(CNC2CCN(C3CC3)C2)CCC1. The predicted molar refractivity (Wildman–Crippen MR) is 61.8 cm³/mol. The highest BCUT2D eigenvalue weighted by atomic mass is 15.2. The summed E-state index contributed by atoms with van der Waals surface area (Å²) in [5.74, 6) is 0. The smallest absolute Gasteiger partial charge is 0.0280 e. The van der Waals surface area contributed by atoms with E-state index in [0.29, 0.717) is 6.04 Å². The Morgan fingerprint density at radius 1 is 1.27 bits per heavy atom. The molecule has 0 aromatic carbocycles. The van der Waals surface area contributed by atoms with Gasteiger partial charge in [0.05, 0.1) is 0 Å². The van der Waals surface area contributed by atoms with Crippen LogP contribution < -0.4 is 11.1 Å². The van der Waals surface area contributed by atoms with E-state index in [-0.39, 0.29) is 5.54 Å². The third-order valence-electron chi connectivity index (χ3n) is 4.38. The lowest BCUT2D eigenvalue weighted by molar-refractivity contribution is 0.228. The largest absolute Gasteiger partial charge is 0.324 e. The summed E-state index contributed by atoms with van der Waals surface area (Å²) in [5, 5.41) is 3.67. The van der Waals surface area contributed by atoms with E-state index in [1.54, 1.807) is 0 Å². The summed E-state index contributed by atoms with van der Waals surface area (Å²) in [4.78, 5) is 2.65. The summed E-state index contributed by atoms with van der Waals surface area (Å²) in [6.45, 7) is 3.61. The van der Waals surface area contributed by atoms with Gasteiger partial charge in [-0.3, -0.25) is 4.90 Å². The lowest BCUT2D eigenvalue weighted by Gasteiger charge is -2.39. The summed E-state index contributed by atoms with van der Waals surface area (Å²) in [7, 11) is 0. The first-order chi connectivity index (χ1) is 7.25. The van der Waals surface area contributed by atoms with E-state index in [9.17, 15) is 0 Å². The molecule has 0 aromatic heterocycles. The number of nitrogens with zero attached hydrogens (tertiary/aromatic N) is 1. The number of likely N-dealkylation sites (tertiary alicyclic amines) is 1. The molecule has 2 saturated carbocycles. The highest BCUT2D eigenvalue weighted by Crippen LogP contribution is 2.31. The molecule has 0 amide bonds. The van der Waals surface area contributed by atoms with E-state index in [4.69, 9.17) is 5.73 Å². The summed E-state index contributed by atoms with van der Waals surface area (Å²) in [6, 6.07) is 1.65. The van der Waals surface area contributed by atoms with Gasteiger partial charge in [0, 0.05) is 37.3 Å². The van der Waals surface area contributed by atoms with E-state index in [2.05, 4.69) is 10.2 Å². The van der Waals surface area contributed by atoms with Gasteiger partial charge in [-0.25, -0.2) is 0 Å². The van der Waals surface area contributed by atoms with Crippen LogP contribution in [0.3, 0.4) is 0 Å². The van der Waals surface area contributed by atoms with Gasteiger partial charge in [0.1, 0.15) is 0 Å². The van der Waals surface area contributed by atoms with Crippen LogP contribution in [-0.2, 0) is 0 Å². The van der Waals surface area contributed by atoms with Crippen LogP contribution >= 0.6 is 0 Å². The number of hydrogen-bond acceptors (Lipinski definition) is 3. The second kappa shape index (κ2) is 3.72. The minimum absolute atomic E-state index is 0.146. The molecule has 86 valence electrons. The molecule has 0 spiro atoms. The average Bonchev–Trinajstić information content (AvgIpc) is 2.93. The Hall–Kier alpha value is -0.120. The molecule has 1 unspecified atom stereocenters. The zero-order valence-corrected chi connectivity index (χ0v) is 9.54. The number of rotatable bonds is 4. The van der Waals surface area contributed by atoms with Crippen molar-refractivity contribution in [3.63, 3.8) is 0 Å². The highest BCUT2D eigenvalue weighted by Gasteiger charge is 2.36. The lowest BCUT2D eigenvalue weighted by Crippen LogP contribution is -2.55. The van der Waals surface area contributed by atoms with Gasteiger partial charge >= 0.3 is 0 Å². The summed E-state index contributed by atoms with van der Waals surface area (Å²) in [6.07, 6.45) is 7.98. The number of hydrogen-bond donors (Lipinski definition) is 2. The van der Waals surface area contributed by atoms with Crippen LogP contribution in [0, 0.1) is 0 Å². The number of nitrogens with two attached hydrogens (primary N) is 1. The van der Waals surface area contributed by atoms with Crippen LogP contribution in [0.2, 0.25) is 0 Å². The van der Waals surface area contributed by atoms with E-state index >= 15 is 0 Å². The van der Waals surface area contributed by atoms with Gasteiger partial charge < -0.3 is 11.1 Å². The summed E-state index contributed by atoms with van der Waals surface area (Å²) in [5.41, 5.74) is 6.36. The maximum absolute atomic E-state index is 6.21. The molecule has 1 heterocycles. The summed E-state index contributed by atoms with van der Waals surface area (Å²) >= 11 is 0. The fourth-order valence-corrected chi connectivity index (χ4v) is 2.88. The van der Waals surface area contributed by atoms with Crippen molar-refractivity contribution in [1.29, 1.82) is 0 Å². The van der Waals surface area contributed by atoms with E-state index in [1.165, 1.54) is 51.6 Å². The second-order valence-electron chi connectivity index (χ2n) is 5.81. The molecule has 0 bridgehead atoms. The van der Waals surface area contributed by atoms with Crippen LogP contribution in [0.4, 0.5) is 0 Å². The van der Waals surface area contributed by atoms with Gasteiger partial charge in [-0.15, -0.1) is 0 Å². The standard InChI is InChI=1S/C12H23N3/c13-12(5-1-6-12)9-14-10-4-7-15(8-10)11-2-3-11/h10-11,14H,1-9,13H2. The molecule has 3 nitrogen and oxygen atoms in total. The zero-order chi connectivity index (χ0) is 10.3. The van der Waals surface area contributed by atoms with Crippen molar-refractivity contribution in [2.45, 2.75) is 56.1 Å². The third kappa shape index (κ3) is 2.19. The fraction of sp³-hybridized carbons (Fsp3) is 1.00. The van der Waals surface area contributed by atoms with Crippen LogP contribution in [0.1, 0.15) is 38.5 Å². The third-order valence-corrected chi connectivity index (χ3v) is 4.38. The van der Waals surface area contributed by atoms with Gasteiger partial charge in [-0.2, -0.15) is 0 Å². The van der Waals surface area contributed by atoms with Crippen molar-refractivity contribution in [2.24, 2.45) is 5.73 Å². The molecule has 1 atom stereocenters. The molecule has 3 heteroatoms. The normalized spacial score (nSPS) is 35.4. The Bertz CT molecular complexity index is 233. The fourth-order valence-electron chi connectivity index (χ4n) is 2.88. The molecular weight excluding hydrogens is 186 g/mol. The van der Waals surface area contributed by atoms with Crippen LogP contribution in [0.25, 0.3) is 0 Å². The monoisotopic (exact) mass is 209 g/mol. The quantitative estimate of drug-likeness (QED) is 0.716. The average molecular weight is 209 g/mol. The zero-order valence-electron chi connectivity index (χ0n) is 9.54. The Kier molecular flexibility index (Phi) is 2.49. The maximum Gasteiger partial charge on any atom is 0.0280 e. The van der Waals surface area contributed by atoms with Gasteiger partial charge in [0.2, 0.25) is 0 Å². The second-order valence-corrected chi connectivity index (χ2v) is 5.81. The van der Waals surface area contributed by atoms with Gasteiger partial charge in [0.25, 0.3) is 0 Å². The van der Waals surface area contributed by atoms with E-state index in [0.717, 1.165) is 12.6 Å². The van der Waals surface area contributed by atoms with Gasteiger partial charge in [-0.1, -0.05) is 0 Å². The van der Waals surface area contributed by atoms with Crippen molar-refractivity contribution in [3.8, 4) is 0 Å². The van der Waals surface area contributed by atoms with Crippen molar-refractivity contribution in [1.82, 2.24) is 10.2 Å². The van der Waals surface area contributed by atoms with Crippen molar-refractivity contribution in [2.75, 3.05) is 19.6 Å². The predicted octanol–water partition coefficient (Wildman–Crippen LogP) is 0.694. The lowest BCUT2D eigenvalue weighted by atomic mass is 9.77. The molecular formula is C12H23N3. The first-order valence-corrected chi connectivity index (χ1v) is 6.52. The van der Waals surface area contributed by atoms with Crippen LogP contribution in [0.15, 0.2) is 0 Å².